The first-order valence-electron chi connectivity index (χ1n) is 14.4. The number of hydrogen-bond acceptors (Lipinski definition) is 5. The topological polar surface area (TPSA) is 61.8 Å². The van der Waals surface area contributed by atoms with Gasteiger partial charge in [-0.05, 0) is 90.0 Å². The molecule has 0 amide bonds. The fourth-order valence-corrected chi connectivity index (χ4v) is 4.78. The molecule has 0 fully saturated rings. The number of esters is 2. The minimum Gasteiger partial charge on any atom is -0.494 e. The van der Waals surface area contributed by atoms with Crippen LogP contribution in [0.2, 0.25) is 0 Å². The van der Waals surface area contributed by atoms with Gasteiger partial charge >= 0.3 is 11.9 Å². The van der Waals surface area contributed by atoms with Crippen molar-refractivity contribution in [2.75, 3.05) is 6.61 Å². The van der Waals surface area contributed by atoms with Gasteiger partial charge in [-0.15, -0.1) is 0 Å². The van der Waals surface area contributed by atoms with Crippen LogP contribution in [0.3, 0.4) is 0 Å². The second-order valence-electron chi connectivity index (χ2n) is 10.4. The van der Waals surface area contributed by atoms with Crippen molar-refractivity contribution in [3.8, 4) is 28.4 Å². The van der Waals surface area contributed by atoms with Crippen LogP contribution in [-0.2, 0) is 11.2 Å². The van der Waals surface area contributed by atoms with Gasteiger partial charge in [0.15, 0.2) is 0 Å². The Labute approximate surface area is 232 Å². The molecule has 0 aliphatic heterocycles. The molecule has 0 radical (unpaired) electrons. The molecule has 1 aliphatic rings. The Bertz CT molecular complexity index is 1260. The molecule has 1 aliphatic carbocycles. The van der Waals surface area contributed by atoms with Gasteiger partial charge in [-0.1, -0.05) is 71.4 Å². The van der Waals surface area contributed by atoms with Gasteiger partial charge in [-0.2, -0.15) is 0 Å². The highest BCUT2D eigenvalue weighted by molar-refractivity contribution is 5.93. The molecule has 1 unspecified atom stereocenters. The highest BCUT2D eigenvalue weighted by Crippen LogP contribution is 2.39. The lowest BCUT2D eigenvalue weighted by Crippen LogP contribution is -2.16. The largest absolute Gasteiger partial charge is 0.494 e. The lowest BCUT2D eigenvalue weighted by atomic mass is 10.0. The maximum atomic E-state index is 12.8. The Hall–Kier alpha value is -3.60. The Morgan fingerprint density at radius 3 is 2.00 bits per heavy atom. The number of unbranched alkanes of at least 4 members (excludes halogenated alkanes) is 6. The van der Waals surface area contributed by atoms with E-state index in [4.69, 9.17) is 14.2 Å². The minimum absolute atomic E-state index is 0.164. The molecule has 0 bridgehead atoms. The zero-order chi connectivity index (χ0) is 27.6. The number of hydrogen-bond donors (Lipinski definition) is 0. The van der Waals surface area contributed by atoms with Crippen LogP contribution in [-0.4, -0.2) is 18.5 Å². The second kappa shape index (κ2) is 14.0. The summed E-state index contributed by atoms with van der Waals surface area (Å²) in [6.45, 7) is 6.76. The van der Waals surface area contributed by atoms with Gasteiger partial charge in [0.25, 0.3) is 0 Å². The molecule has 0 spiro atoms. The molecule has 39 heavy (non-hydrogen) atoms. The first kappa shape index (κ1) is 28.4. The van der Waals surface area contributed by atoms with Gasteiger partial charge in [0.2, 0.25) is 0 Å². The van der Waals surface area contributed by atoms with E-state index in [0.717, 1.165) is 36.3 Å². The molecule has 0 N–H and O–H groups in total. The van der Waals surface area contributed by atoms with Crippen molar-refractivity contribution < 1.29 is 23.8 Å². The molecule has 3 aromatic carbocycles. The predicted octanol–water partition coefficient (Wildman–Crippen LogP) is 8.56. The lowest BCUT2D eigenvalue weighted by Gasteiger charge is -2.10. The van der Waals surface area contributed by atoms with Crippen molar-refractivity contribution >= 4 is 11.9 Å². The zero-order valence-electron chi connectivity index (χ0n) is 23.5. The number of carbonyl (C=O) groups excluding carboxylic acids is 2. The molecule has 0 heterocycles. The minimum atomic E-state index is -0.420. The number of rotatable bonds is 14. The fraction of sp³-hybridized carbons (Fsp3) is 0.412. The van der Waals surface area contributed by atoms with Gasteiger partial charge in [0.1, 0.15) is 17.2 Å². The molecular weight excluding hydrogens is 488 g/mol. The second-order valence-corrected chi connectivity index (χ2v) is 10.4. The summed E-state index contributed by atoms with van der Waals surface area (Å²) in [5.74, 6) is 0.883. The molecule has 4 rings (SSSR count). The number of benzene rings is 3. The highest BCUT2D eigenvalue weighted by atomic mass is 16.5. The fourth-order valence-electron chi connectivity index (χ4n) is 4.78. The van der Waals surface area contributed by atoms with Gasteiger partial charge in [-0.25, -0.2) is 4.79 Å². The summed E-state index contributed by atoms with van der Waals surface area (Å²) < 4.78 is 17.0. The van der Waals surface area contributed by atoms with Crippen LogP contribution >= 0.6 is 0 Å². The van der Waals surface area contributed by atoms with Crippen LogP contribution in [0.15, 0.2) is 60.7 Å². The monoisotopic (exact) mass is 528 g/mol. The third kappa shape index (κ3) is 7.72. The summed E-state index contributed by atoms with van der Waals surface area (Å²) in [7, 11) is 0. The zero-order valence-corrected chi connectivity index (χ0v) is 23.5. The summed E-state index contributed by atoms with van der Waals surface area (Å²) in [6, 6.07) is 18.5. The van der Waals surface area contributed by atoms with Crippen molar-refractivity contribution in [2.24, 2.45) is 5.92 Å². The van der Waals surface area contributed by atoms with Crippen LogP contribution in [0.25, 0.3) is 11.1 Å². The third-order valence-corrected chi connectivity index (χ3v) is 7.37. The van der Waals surface area contributed by atoms with E-state index in [1.165, 1.54) is 49.7 Å². The Balaban J connectivity index is 1.29. The van der Waals surface area contributed by atoms with Crippen molar-refractivity contribution in [1.29, 1.82) is 0 Å². The smallest absolute Gasteiger partial charge is 0.343 e. The maximum Gasteiger partial charge on any atom is 0.343 e. The standard InChI is InChI=1S/C34H40O5/c1-4-6-7-8-9-10-11-20-37-30-17-19-32-27(23-30)22-26-21-25(12-18-31(26)32)34(36)39-29-15-13-28(14-16-29)38-33(35)24(3)5-2/h12-19,21,23-24H,4-11,20,22H2,1-3H3. The normalized spacial score (nSPS) is 12.4. The van der Waals surface area contributed by atoms with Crippen LogP contribution in [0, 0.1) is 5.92 Å². The molecule has 0 aromatic heterocycles. The van der Waals surface area contributed by atoms with Crippen LogP contribution in [0.5, 0.6) is 17.2 Å². The average Bonchev–Trinajstić information content (AvgIpc) is 3.32. The van der Waals surface area contributed by atoms with Gasteiger partial charge < -0.3 is 14.2 Å². The molecule has 5 heteroatoms. The maximum absolute atomic E-state index is 12.8. The van der Waals surface area contributed by atoms with E-state index in [2.05, 4.69) is 19.1 Å². The molecule has 0 saturated carbocycles. The predicted molar refractivity (Wildman–Crippen MR) is 155 cm³/mol. The van der Waals surface area contributed by atoms with Crippen LogP contribution in [0.4, 0.5) is 0 Å². The summed E-state index contributed by atoms with van der Waals surface area (Å²) in [5, 5.41) is 0. The molecule has 3 aromatic rings. The van der Waals surface area contributed by atoms with Crippen LogP contribution < -0.4 is 14.2 Å². The quantitative estimate of drug-likeness (QED) is 0.0932. The molecule has 5 nitrogen and oxygen atoms in total. The Kier molecular flexibility index (Phi) is 10.2. The van der Waals surface area contributed by atoms with Crippen molar-refractivity contribution in [3.63, 3.8) is 0 Å². The van der Waals surface area contributed by atoms with Gasteiger partial charge in [-0.3, -0.25) is 4.79 Å². The van der Waals surface area contributed by atoms with E-state index in [1.807, 2.05) is 38.1 Å². The number of carbonyl (C=O) groups is 2. The molecule has 1 atom stereocenters. The van der Waals surface area contributed by atoms with E-state index in [1.54, 1.807) is 24.3 Å². The van der Waals surface area contributed by atoms with E-state index in [9.17, 15) is 9.59 Å². The lowest BCUT2D eigenvalue weighted by molar-refractivity contribution is -0.138. The third-order valence-electron chi connectivity index (χ3n) is 7.37. The Morgan fingerprint density at radius 1 is 0.718 bits per heavy atom. The van der Waals surface area contributed by atoms with Crippen molar-refractivity contribution in [3.05, 3.63) is 77.4 Å². The Morgan fingerprint density at radius 2 is 1.31 bits per heavy atom. The summed E-state index contributed by atoms with van der Waals surface area (Å²) in [6.07, 6.45) is 10.3. The number of ether oxygens (including phenoxy) is 3. The number of fused-ring (bicyclic) bond motifs is 3. The van der Waals surface area contributed by atoms with Gasteiger partial charge in [0.05, 0.1) is 18.1 Å². The molecule has 0 saturated heterocycles. The molecule has 206 valence electrons. The summed E-state index contributed by atoms with van der Waals surface area (Å²) >= 11 is 0. The van der Waals surface area contributed by atoms with Gasteiger partial charge in [0, 0.05) is 0 Å². The first-order valence-corrected chi connectivity index (χ1v) is 14.4. The van der Waals surface area contributed by atoms with E-state index in [-0.39, 0.29) is 11.9 Å². The van der Waals surface area contributed by atoms with Crippen LogP contribution in [0.1, 0.15) is 93.6 Å². The van der Waals surface area contributed by atoms with E-state index in [0.29, 0.717) is 23.5 Å². The SMILES string of the molecule is CCCCCCCCCOc1ccc2c(c1)Cc1cc(C(=O)Oc3ccc(OC(=O)C(C)CC)cc3)ccc1-2. The average molecular weight is 529 g/mol. The first-order chi connectivity index (χ1) is 19.0. The highest BCUT2D eigenvalue weighted by Gasteiger charge is 2.21. The van der Waals surface area contributed by atoms with E-state index >= 15 is 0 Å². The van der Waals surface area contributed by atoms with Crippen molar-refractivity contribution in [2.45, 2.75) is 78.6 Å². The molecular formula is C34H40O5. The summed E-state index contributed by atoms with van der Waals surface area (Å²) in [5.41, 5.74) is 5.17. The van der Waals surface area contributed by atoms with Crippen molar-refractivity contribution in [1.82, 2.24) is 0 Å². The van der Waals surface area contributed by atoms with E-state index < -0.39 is 5.97 Å². The summed E-state index contributed by atoms with van der Waals surface area (Å²) in [4.78, 5) is 24.8.